The van der Waals surface area contributed by atoms with Gasteiger partial charge < -0.3 is 15.0 Å². The number of benzene rings is 2. The van der Waals surface area contributed by atoms with Crippen LogP contribution < -0.4 is 10.1 Å². The highest BCUT2D eigenvalue weighted by atomic mass is 19.3. The molecule has 1 atom stereocenters. The minimum Gasteiger partial charge on any atom is -0.435 e. The van der Waals surface area contributed by atoms with E-state index in [2.05, 4.69) is 10.1 Å². The zero-order valence-corrected chi connectivity index (χ0v) is 15.7. The lowest BCUT2D eigenvalue weighted by Gasteiger charge is -2.26. The minimum absolute atomic E-state index is 0.0588. The van der Waals surface area contributed by atoms with Gasteiger partial charge in [-0.2, -0.15) is 8.78 Å². The van der Waals surface area contributed by atoms with Gasteiger partial charge >= 0.3 is 6.61 Å². The maximum atomic E-state index is 12.9. The Labute approximate surface area is 162 Å². The highest BCUT2D eigenvalue weighted by molar-refractivity contribution is 6.04. The number of amides is 2. The van der Waals surface area contributed by atoms with Crippen LogP contribution in [-0.4, -0.2) is 29.9 Å². The molecule has 0 aromatic heterocycles. The SMILES string of the molecule is CC(C)CN1C(=O)c2ccccc2C1C(=O)NCc1ccc(OC(F)F)cc1. The van der Waals surface area contributed by atoms with Crippen LogP contribution in [0.2, 0.25) is 0 Å². The number of alkyl halides is 2. The fourth-order valence-electron chi connectivity index (χ4n) is 3.31. The van der Waals surface area contributed by atoms with Crippen molar-refractivity contribution in [3.05, 3.63) is 65.2 Å². The van der Waals surface area contributed by atoms with Gasteiger partial charge in [0.2, 0.25) is 5.91 Å². The Morgan fingerprint density at radius 2 is 1.82 bits per heavy atom. The number of nitrogens with one attached hydrogen (secondary N) is 1. The quantitative estimate of drug-likeness (QED) is 0.786. The maximum Gasteiger partial charge on any atom is 0.387 e. The fourth-order valence-corrected chi connectivity index (χ4v) is 3.31. The van der Waals surface area contributed by atoms with E-state index in [4.69, 9.17) is 0 Å². The molecule has 1 aliphatic heterocycles. The summed E-state index contributed by atoms with van der Waals surface area (Å²) in [5, 5.41) is 2.84. The largest absolute Gasteiger partial charge is 0.435 e. The Bertz CT molecular complexity index is 853. The van der Waals surface area contributed by atoms with Crippen LogP contribution in [0, 0.1) is 5.92 Å². The van der Waals surface area contributed by atoms with Crippen LogP contribution in [0.1, 0.15) is 41.4 Å². The third-order valence-electron chi connectivity index (χ3n) is 4.48. The van der Waals surface area contributed by atoms with Gasteiger partial charge in [0, 0.05) is 18.7 Å². The van der Waals surface area contributed by atoms with Crippen LogP contribution in [-0.2, 0) is 11.3 Å². The molecule has 1 N–H and O–H groups in total. The molecule has 2 aromatic carbocycles. The van der Waals surface area contributed by atoms with Gasteiger partial charge in [-0.1, -0.05) is 44.2 Å². The third-order valence-corrected chi connectivity index (χ3v) is 4.48. The number of rotatable bonds is 7. The van der Waals surface area contributed by atoms with Crippen LogP contribution in [0.25, 0.3) is 0 Å². The molecular formula is C21H22F2N2O3. The molecule has 3 rings (SSSR count). The molecule has 0 radical (unpaired) electrons. The highest BCUT2D eigenvalue weighted by Gasteiger charge is 2.40. The van der Waals surface area contributed by atoms with E-state index in [0.29, 0.717) is 17.7 Å². The van der Waals surface area contributed by atoms with E-state index in [-0.39, 0.29) is 30.0 Å². The van der Waals surface area contributed by atoms with Crippen molar-refractivity contribution in [2.45, 2.75) is 33.0 Å². The van der Waals surface area contributed by atoms with Gasteiger partial charge in [-0.25, -0.2) is 0 Å². The molecule has 1 unspecified atom stereocenters. The average Bonchev–Trinajstić information content (AvgIpc) is 2.92. The molecular weight excluding hydrogens is 366 g/mol. The van der Waals surface area contributed by atoms with Crippen LogP contribution in [0.4, 0.5) is 8.78 Å². The summed E-state index contributed by atoms with van der Waals surface area (Å²) in [6.45, 7) is 1.81. The Morgan fingerprint density at radius 1 is 1.14 bits per heavy atom. The molecule has 28 heavy (non-hydrogen) atoms. The molecule has 5 nitrogen and oxygen atoms in total. The summed E-state index contributed by atoms with van der Waals surface area (Å²) in [5.41, 5.74) is 1.99. The standard InChI is InChI=1S/C21H22F2N2O3/c1-13(2)12-25-18(16-5-3-4-6-17(16)20(25)27)19(26)24-11-14-7-9-15(10-8-14)28-21(22)23/h3-10,13,18,21H,11-12H2,1-2H3,(H,24,26). The summed E-state index contributed by atoms with van der Waals surface area (Å²) in [4.78, 5) is 27.2. The molecule has 0 saturated heterocycles. The van der Waals surface area contributed by atoms with Crippen molar-refractivity contribution in [1.82, 2.24) is 10.2 Å². The number of fused-ring (bicyclic) bond motifs is 1. The lowest BCUT2D eigenvalue weighted by molar-refractivity contribution is -0.125. The number of hydrogen-bond acceptors (Lipinski definition) is 3. The topological polar surface area (TPSA) is 58.6 Å². The van der Waals surface area contributed by atoms with E-state index in [1.54, 1.807) is 35.2 Å². The van der Waals surface area contributed by atoms with Gasteiger partial charge in [-0.05, 0) is 35.2 Å². The van der Waals surface area contributed by atoms with Crippen LogP contribution in [0.3, 0.4) is 0 Å². The molecule has 2 amide bonds. The summed E-state index contributed by atoms with van der Waals surface area (Å²) in [6.07, 6.45) is 0. The predicted octanol–water partition coefficient (Wildman–Crippen LogP) is 3.76. The fraction of sp³-hybridized carbons (Fsp3) is 0.333. The number of hydrogen-bond donors (Lipinski definition) is 1. The number of ether oxygens (including phenoxy) is 1. The number of halogens is 2. The molecule has 0 saturated carbocycles. The van der Waals surface area contributed by atoms with Gasteiger partial charge in [0.05, 0.1) is 0 Å². The van der Waals surface area contributed by atoms with E-state index in [1.165, 1.54) is 12.1 Å². The summed E-state index contributed by atoms with van der Waals surface area (Å²) in [7, 11) is 0. The Hall–Kier alpha value is -2.96. The first-order chi connectivity index (χ1) is 13.4. The first kappa shape index (κ1) is 19.8. The van der Waals surface area contributed by atoms with E-state index in [1.807, 2.05) is 19.9 Å². The number of carbonyl (C=O) groups excluding carboxylic acids is 2. The lowest BCUT2D eigenvalue weighted by Crippen LogP contribution is -2.40. The molecule has 0 bridgehead atoms. The first-order valence-electron chi connectivity index (χ1n) is 9.08. The summed E-state index contributed by atoms with van der Waals surface area (Å²) in [5.74, 6) is -0.135. The summed E-state index contributed by atoms with van der Waals surface area (Å²) in [6, 6.07) is 12.5. The minimum atomic E-state index is -2.88. The van der Waals surface area contributed by atoms with Gasteiger partial charge in [0.1, 0.15) is 11.8 Å². The van der Waals surface area contributed by atoms with Crippen molar-refractivity contribution in [2.24, 2.45) is 5.92 Å². The van der Waals surface area contributed by atoms with Crippen molar-refractivity contribution >= 4 is 11.8 Å². The lowest BCUT2D eigenvalue weighted by atomic mass is 10.0. The van der Waals surface area contributed by atoms with Crippen molar-refractivity contribution in [1.29, 1.82) is 0 Å². The van der Waals surface area contributed by atoms with Gasteiger partial charge in [-0.3, -0.25) is 9.59 Å². The summed E-state index contributed by atoms with van der Waals surface area (Å²) < 4.78 is 28.7. The molecule has 1 aliphatic rings. The van der Waals surface area contributed by atoms with Gasteiger partial charge in [0.25, 0.3) is 5.91 Å². The molecule has 0 aliphatic carbocycles. The number of carbonyl (C=O) groups is 2. The zero-order chi connectivity index (χ0) is 20.3. The second kappa shape index (κ2) is 8.37. The average molecular weight is 388 g/mol. The van der Waals surface area contributed by atoms with Crippen molar-refractivity contribution in [3.63, 3.8) is 0 Å². The Morgan fingerprint density at radius 3 is 2.46 bits per heavy atom. The third kappa shape index (κ3) is 4.30. The van der Waals surface area contributed by atoms with Gasteiger partial charge in [0.15, 0.2) is 0 Å². The monoisotopic (exact) mass is 388 g/mol. The molecule has 0 spiro atoms. The second-order valence-electron chi connectivity index (χ2n) is 7.08. The maximum absolute atomic E-state index is 12.9. The summed E-state index contributed by atoms with van der Waals surface area (Å²) >= 11 is 0. The highest BCUT2D eigenvalue weighted by Crippen LogP contribution is 2.34. The van der Waals surface area contributed by atoms with Crippen LogP contribution in [0.15, 0.2) is 48.5 Å². The predicted molar refractivity (Wildman–Crippen MR) is 100.0 cm³/mol. The molecule has 1 heterocycles. The Kier molecular flexibility index (Phi) is 5.92. The van der Waals surface area contributed by atoms with E-state index in [0.717, 1.165) is 5.56 Å². The molecule has 148 valence electrons. The van der Waals surface area contributed by atoms with E-state index >= 15 is 0 Å². The van der Waals surface area contributed by atoms with Crippen molar-refractivity contribution in [3.8, 4) is 5.75 Å². The molecule has 2 aromatic rings. The first-order valence-corrected chi connectivity index (χ1v) is 9.08. The van der Waals surface area contributed by atoms with E-state index < -0.39 is 12.7 Å². The van der Waals surface area contributed by atoms with Crippen LogP contribution >= 0.6 is 0 Å². The smallest absolute Gasteiger partial charge is 0.387 e. The van der Waals surface area contributed by atoms with Crippen molar-refractivity contribution in [2.75, 3.05) is 6.54 Å². The molecule has 7 heteroatoms. The molecule has 0 fully saturated rings. The number of nitrogens with zero attached hydrogens (tertiary/aromatic N) is 1. The van der Waals surface area contributed by atoms with E-state index in [9.17, 15) is 18.4 Å². The zero-order valence-electron chi connectivity index (χ0n) is 15.7. The Balaban J connectivity index is 1.72. The second-order valence-corrected chi connectivity index (χ2v) is 7.08. The van der Waals surface area contributed by atoms with Crippen molar-refractivity contribution < 1.29 is 23.1 Å². The normalized spacial score (nSPS) is 15.9. The van der Waals surface area contributed by atoms with Gasteiger partial charge in [-0.15, -0.1) is 0 Å². The van der Waals surface area contributed by atoms with Crippen LogP contribution in [0.5, 0.6) is 5.75 Å².